The summed E-state index contributed by atoms with van der Waals surface area (Å²) in [4.78, 5) is 15.6. The first kappa shape index (κ1) is 33.4. The summed E-state index contributed by atoms with van der Waals surface area (Å²) in [6, 6.07) is 62.1. The molecule has 0 bridgehead atoms. The van der Waals surface area contributed by atoms with Gasteiger partial charge in [-0.25, -0.2) is 15.0 Å². The summed E-state index contributed by atoms with van der Waals surface area (Å²) in [7, 11) is 0. The van der Waals surface area contributed by atoms with Crippen molar-refractivity contribution in [1.29, 1.82) is 0 Å². The first-order valence-corrected chi connectivity index (χ1v) is 20.2. The Morgan fingerprint density at radius 1 is 0.373 bits per heavy atom. The lowest BCUT2D eigenvalue weighted by atomic mass is 9.92. The molecular formula is C55H35N3O. The van der Waals surface area contributed by atoms with E-state index in [1.165, 1.54) is 32.3 Å². The van der Waals surface area contributed by atoms with E-state index in [9.17, 15) is 0 Å². The predicted molar refractivity (Wildman–Crippen MR) is 244 cm³/mol. The largest absolute Gasteiger partial charge is 0.456 e. The van der Waals surface area contributed by atoms with Crippen molar-refractivity contribution in [2.24, 2.45) is 0 Å². The highest BCUT2D eigenvalue weighted by Gasteiger charge is 2.19. The molecule has 0 saturated heterocycles. The molecule has 276 valence electrons. The second kappa shape index (κ2) is 13.5. The van der Waals surface area contributed by atoms with Crippen LogP contribution in [0, 0.1) is 0 Å². The monoisotopic (exact) mass is 753 g/mol. The van der Waals surface area contributed by atoms with Crippen molar-refractivity contribution < 1.29 is 4.42 Å². The van der Waals surface area contributed by atoms with Crippen LogP contribution in [-0.2, 0) is 0 Å². The van der Waals surface area contributed by atoms with Crippen LogP contribution in [0.3, 0.4) is 0 Å². The Morgan fingerprint density at radius 2 is 0.898 bits per heavy atom. The van der Waals surface area contributed by atoms with Crippen LogP contribution in [0.2, 0.25) is 0 Å². The average Bonchev–Trinajstić information content (AvgIpc) is 3.72. The van der Waals surface area contributed by atoms with Gasteiger partial charge in [0.25, 0.3) is 0 Å². The Balaban J connectivity index is 1.00. The molecule has 59 heavy (non-hydrogen) atoms. The summed E-state index contributed by atoms with van der Waals surface area (Å²) >= 11 is 0. The molecule has 12 rings (SSSR count). The van der Waals surface area contributed by atoms with Crippen molar-refractivity contribution in [2.45, 2.75) is 12.8 Å². The zero-order valence-electron chi connectivity index (χ0n) is 32.1. The Labute approximate surface area is 340 Å². The molecule has 1 aliphatic rings. The van der Waals surface area contributed by atoms with Crippen LogP contribution >= 0.6 is 0 Å². The number of rotatable bonds is 5. The van der Waals surface area contributed by atoms with Crippen LogP contribution in [0.25, 0.3) is 123 Å². The highest BCUT2D eigenvalue weighted by molar-refractivity contribution is 6.26. The van der Waals surface area contributed by atoms with E-state index >= 15 is 0 Å². The van der Waals surface area contributed by atoms with Crippen LogP contribution in [0.4, 0.5) is 0 Å². The molecule has 0 atom stereocenters. The standard InChI is InChI=1S/C55H35N3O/c1-3-13-35(14-4-1)48-33-49(36-15-5-2-6-16-36)58-55(57-48)37-25-23-34(24-26-37)38-27-30-45-50(32-38)56-53(52-46-21-11-12-22-51(46)59-54(45)52)39-28-29-44-42-19-8-7-17-40(42)41-18-9-10-20-43(41)47(44)31-39/h1-10,13-33H,11-12H2. The first-order chi connectivity index (χ1) is 29.2. The van der Waals surface area contributed by atoms with Crippen molar-refractivity contribution in [1.82, 2.24) is 15.0 Å². The highest BCUT2D eigenvalue weighted by atomic mass is 16.3. The maximum Gasteiger partial charge on any atom is 0.160 e. The zero-order chi connectivity index (χ0) is 38.9. The normalized spacial score (nSPS) is 12.5. The minimum Gasteiger partial charge on any atom is -0.456 e. The number of pyridine rings is 1. The molecule has 0 spiro atoms. The van der Waals surface area contributed by atoms with Crippen LogP contribution in [0.15, 0.2) is 180 Å². The van der Waals surface area contributed by atoms with Crippen LogP contribution in [0.5, 0.6) is 0 Å². The molecule has 0 saturated carbocycles. The quantitative estimate of drug-likeness (QED) is 0.164. The molecular weight excluding hydrogens is 719 g/mol. The molecule has 0 unspecified atom stereocenters. The van der Waals surface area contributed by atoms with Gasteiger partial charge in [-0.1, -0.05) is 158 Å². The fraction of sp³-hybridized carbons (Fsp3) is 0.0364. The van der Waals surface area contributed by atoms with E-state index in [0.29, 0.717) is 5.82 Å². The van der Waals surface area contributed by atoms with Crippen LogP contribution < -0.4 is 10.6 Å². The van der Waals surface area contributed by atoms with Gasteiger partial charge >= 0.3 is 0 Å². The third-order valence-corrected chi connectivity index (χ3v) is 11.9. The fourth-order valence-electron chi connectivity index (χ4n) is 9.02. The fourth-order valence-corrected chi connectivity index (χ4v) is 9.02. The predicted octanol–water partition coefficient (Wildman–Crippen LogP) is 12.9. The molecule has 0 N–H and O–H groups in total. The number of furan rings is 1. The van der Waals surface area contributed by atoms with Gasteiger partial charge in [0.15, 0.2) is 5.82 Å². The second-order valence-corrected chi connectivity index (χ2v) is 15.4. The van der Waals surface area contributed by atoms with E-state index < -0.39 is 0 Å². The van der Waals surface area contributed by atoms with Crippen molar-refractivity contribution in [2.75, 3.05) is 0 Å². The Bertz CT molecular complexity index is 3500. The molecule has 0 radical (unpaired) electrons. The van der Waals surface area contributed by atoms with Crippen LogP contribution in [-0.4, -0.2) is 15.0 Å². The first-order valence-electron chi connectivity index (χ1n) is 20.2. The second-order valence-electron chi connectivity index (χ2n) is 15.4. The molecule has 0 aliphatic heterocycles. The van der Waals surface area contributed by atoms with Gasteiger partial charge in [-0.2, -0.15) is 0 Å². The summed E-state index contributed by atoms with van der Waals surface area (Å²) in [5, 5.41) is 10.7. The maximum atomic E-state index is 6.73. The van der Waals surface area contributed by atoms with E-state index in [1.54, 1.807) is 0 Å². The van der Waals surface area contributed by atoms with Gasteiger partial charge in [-0.3, -0.25) is 0 Å². The molecule has 11 aromatic rings. The molecule has 0 fully saturated rings. The molecule has 4 nitrogen and oxygen atoms in total. The molecule has 0 amide bonds. The van der Waals surface area contributed by atoms with E-state index in [0.717, 1.165) is 95.8 Å². The average molecular weight is 754 g/mol. The molecule has 3 heterocycles. The van der Waals surface area contributed by atoms with Gasteiger partial charge in [-0.05, 0) is 86.6 Å². The van der Waals surface area contributed by atoms with E-state index in [-0.39, 0.29) is 0 Å². The smallest absolute Gasteiger partial charge is 0.160 e. The summed E-state index contributed by atoms with van der Waals surface area (Å²) in [5.41, 5.74) is 11.8. The Kier molecular flexibility index (Phi) is 7.63. The number of benzene rings is 8. The van der Waals surface area contributed by atoms with Crippen molar-refractivity contribution in [3.05, 3.63) is 187 Å². The van der Waals surface area contributed by atoms with Gasteiger partial charge in [0.05, 0.1) is 28.0 Å². The number of hydrogen-bond acceptors (Lipinski definition) is 4. The van der Waals surface area contributed by atoms with E-state index in [2.05, 4.69) is 152 Å². The minimum atomic E-state index is 0.690. The van der Waals surface area contributed by atoms with Gasteiger partial charge in [-0.15, -0.1) is 0 Å². The third-order valence-electron chi connectivity index (χ3n) is 11.9. The van der Waals surface area contributed by atoms with Gasteiger partial charge < -0.3 is 4.42 Å². The van der Waals surface area contributed by atoms with Crippen molar-refractivity contribution in [3.8, 4) is 56.3 Å². The number of hydrogen-bond donors (Lipinski definition) is 0. The number of fused-ring (bicyclic) bond motifs is 11. The van der Waals surface area contributed by atoms with E-state index in [1.807, 2.05) is 36.4 Å². The lowest BCUT2D eigenvalue weighted by Crippen LogP contribution is -2.22. The molecule has 4 heteroatoms. The number of nitrogens with zero attached hydrogens (tertiary/aromatic N) is 3. The summed E-state index contributed by atoms with van der Waals surface area (Å²) in [5.74, 6) is 0.690. The molecule has 1 aliphatic carbocycles. The SMILES string of the molecule is C1=c2oc3c(c(-c4ccc5c6ccccc6c6ccccc6c5c4)nc4cc(-c5ccc(-c6nc(-c7ccccc7)cc(-c7ccccc7)n6)cc5)ccc43)c2=CCC1. The van der Waals surface area contributed by atoms with Gasteiger partial charge in [0.1, 0.15) is 11.0 Å². The van der Waals surface area contributed by atoms with E-state index in [4.69, 9.17) is 19.4 Å². The summed E-state index contributed by atoms with van der Waals surface area (Å²) < 4.78 is 6.73. The van der Waals surface area contributed by atoms with Gasteiger partial charge in [0.2, 0.25) is 0 Å². The van der Waals surface area contributed by atoms with Gasteiger partial charge in [0, 0.05) is 32.9 Å². The molecule has 8 aromatic carbocycles. The minimum absolute atomic E-state index is 0.690. The summed E-state index contributed by atoms with van der Waals surface area (Å²) in [6.07, 6.45) is 6.50. The summed E-state index contributed by atoms with van der Waals surface area (Å²) in [6.45, 7) is 0. The lowest BCUT2D eigenvalue weighted by molar-refractivity contribution is 0.574. The number of aromatic nitrogens is 3. The topological polar surface area (TPSA) is 51.8 Å². The van der Waals surface area contributed by atoms with Crippen molar-refractivity contribution >= 4 is 66.3 Å². The zero-order valence-corrected chi connectivity index (χ0v) is 32.1. The Hall–Kier alpha value is -7.69. The van der Waals surface area contributed by atoms with Crippen molar-refractivity contribution in [3.63, 3.8) is 0 Å². The maximum absolute atomic E-state index is 6.73. The Morgan fingerprint density at radius 3 is 1.56 bits per heavy atom. The highest BCUT2D eigenvalue weighted by Crippen LogP contribution is 2.39. The van der Waals surface area contributed by atoms with Crippen LogP contribution in [0.1, 0.15) is 12.8 Å². The third kappa shape index (κ3) is 5.56. The lowest BCUT2D eigenvalue weighted by Gasteiger charge is -2.13. The molecule has 3 aromatic heterocycles.